The molecule has 1 atom stereocenters. The molecular weight excluding hydrogens is 657 g/mol. The van der Waals surface area contributed by atoms with Crippen LogP contribution in [0.15, 0.2) is 112 Å². The van der Waals surface area contributed by atoms with E-state index in [2.05, 4.69) is 21.2 Å². The molecule has 0 aliphatic carbocycles. The number of nitrogens with one attached hydrogen (secondary N) is 1. The molecule has 0 fully saturated rings. The van der Waals surface area contributed by atoms with Crippen LogP contribution in [0.1, 0.15) is 36.5 Å². The molecule has 4 rings (SSSR count). The number of carbonyl (C=O) groups excluding carboxylic acids is 2. The Kier molecular flexibility index (Phi) is 11.9. The van der Waals surface area contributed by atoms with Gasteiger partial charge in [0.05, 0.1) is 10.6 Å². The monoisotopic (exact) mass is 693 g/mol. The third-order valence-electron chi connectivity index (χ3n) is 7.35. The van der Waals surface area contributed by atoms with Gasteiger partial charge in [-0.1, -0.05) is 89.4 Å². The molecule has 0 saturated heterocycles. The van der Waals surface area contributed by atoms with Gasteiger partial charge in [-0.25, -0.2) is 12.8 Å². The summed E-state index contributed by atoms with van der Waals surface area (Å²) in [5, 5.41) is 2.97. The van der Waals surface area contributed by atoms with Crippen LogP contribution in [-0.2, 0) is 32.6 Å². The number of halogens is 2. The normalized spacial score (nSPS) is 11.9. The minimum atomic E-state index is -4.26. The van der Waals surface area contributed by atoms with E-state index in [9.17, 15) is 22.4 Å². The van der Waals surface area contributed by atoms with Gasteiger partial charge in [0, 0.05) is 24.0 Å². The lowest BCUT2D eigenvalue weighted by atomic mass is 10.0. The van der Waals surface area contributed by atoms with Crippen molar-refractivity contribution in [1.82, 2.24) is 10.2 Å². The maximum atomic E-state index is 14.4. The lowest BCUT2D eigenvalue weighted by Gasteiger charge is -2.34. The van der Waals surface area contributed by atoms with Gasteiger partial charge in [-0.15, -0.1) is 0 Å². The minimum Gasteiger partial charge on any atom is -0.354 e. The fraction of sp³-hybridized carbons (Fsp3) is 0.257. The molecule has 0 bridgehead atoms. The number of unbranched alkanes of at least 4 members (excludes halogenated alkanes) is 1. The van der Waals surface area contributed by atoms with E-state index in [1.54, 1.807) is 12.1 Å². The second-order valence-corrected chi connectivity index (χ2v) is 13.6. The van der Waals surface area contributed by atoms with Crippen LogP contribution in [0.25, 0.3) is 0 Å². The Morgan fingerprint density at radius 1 is 0.889 bits per heavy atom. The van der Waals surface area contributed by atoms with Crippen molar-refractivity contribution in [1.29, 1.82) is 0 Å². The number of hydrogen-bond donors (Lipinski definition) is 1. The van der Waals surface area contributed by atoms with Crippen molar-refractivity contribution >= 4 is 43.5 Å². The van der Waals surface area contributed by atoms with Crippen LogP contribution in [0, 0.1) is 12.7 Å². The van der Waals surface area contributed by atoms with E-state index in [0.29, 0.717) is 6.54 Å². The number of aryl methyl sites for hydroxylation is 1. The van der Waals surface area contributed by atoms with Crippen LogP contribution in [0.3, 0.4) is 0 Å². The summed E-state index contributed by atoms with van der Waals surface area (Å²) in [5.74, 6) is -1.45. The molecule has 1 N–H and O–H groups in total. The molecule has 236 valence electrons. The van der Waals surface area contributed by atoms with Crippen molar-refractivity contribution in [3.8, 4) is 0 Å². The highest BCUT2D eigenvalue weighted by Crippen LogP contribution is 2.26. The van der Waals surface area contributed by atoms with E-state index in [-0.39, 0.29) is 29.5 Å². The summed E-state index contributed by atoms with van der Waals surface area (Å²) in [6.07, 6.45) is 1.88. The number of nitrogens with zero attached hydrogens (tertiary/aromatic N) is 2. The Morgan fingerprint density at radius 2 is 1.56 bits per heavy atom. The summed E-state index contributed by atoms with van der Waals surface area (Å²) in [5.41, 5.74) is 2.60. The van der Waals surface area contributed by atoms with Gasteiger partial charge in [0.15, 0.2) is 0 Å². The number of anilines is 1. The van der Waals surface area contributed by atoms with Gasteiger partial charge < -0.3 is 10.2 Å². The van der Waals surface area contributed by atoms with Crippen LogP contribution in [0.5, 0.6) is 0 Å². The van der Waals surface area contributed by atoms with Crippen molar-refractivity contribution in [2.45, 2.75) is 50.6 Å². The molecule has 0 saturated carbocycles. The Hall–Kier alpha value is -4.02. The van der Waals surface area contributed by atoms with E-state index >= 15 is 0 Å². The van der Waals surface area contributed by atoms with Crippen LogP contribution in [0.4, 0.5) is 10.1 Å². The molecular formula is C35H37BrFN3O4S. The molecule has 10 heteroatoms. The van der Waals surface area contributed by atoms with Crippen LogP contribution in [-0.4, -0.2) is 44.3 Å². The van der Waals surface area contributed by atoms with Crippen molar-refractivity contribution in [2.24, 2.45) is 0 Å². The van der Waals surface area contributed by atoms with Gasteiger partial charge in [0.25, 0.3) is 10.0 Å². The fourth-order valence-electron chi connectivity index (χ4n) is 4.87. The number of sulfonamides is 1. The second kappa shape index (κ2) is 15.8. The quantitative estimate of drug-likeness (QED) is 0.150. The molecule has 0 aliphatic heterocycles. The van der Waals surface area contributed by atoms with E-state index in [4.69, 9.17) is 0 Å². The molecule has 2 amide bonds. The summed E-state index contributed by atoms with van der Waals surface area (Å²) in [7, 11) is -4.26. The Bertz CT molecular complexity index is 1680. The van der Waals surface area contributed by atoms with E-state index in [1.807, 2.05) is 68.4 Å². The summed E-state index contributed by atoms with van der Waals surface area (Å²) >= 11 is 3.48. The largest absolute Gasteiger partial charge is 0.354 e. The first-order valence-corrected chi connectivity index (χ1v) is 17.0. The van der Waals surface area contributed by atoms with Crippen molar-refractivity contribution in [2.75, 3.05) is 17.4 Å². The fourth-order valence-corrected chi connectivity index (χ4v) is 6.73. The van der Waals surface area contributed by atoms with Gasteiger partial charge in [-0.3, -0.25) is 13.9 Å². The van der Waals surface area contributed by atoms with Crippen LogP contribution >= 0.6 is 15.9 Å². The van der Waals surface area contributed by atoms with Crippen molar-refractivity contribution in [3.05, 3.63) is 130 Å². The van der Waals surface area contributed by atoms with Gasteiger partial charge in [0.2, 0.25) is 11.8 Å². The smallest absolute Gasteiger partial charge is 0.264 e. The molecule has 7 nitrogen and oxygen atoms in total. The topological polar surface area (TPSA) is 86.8 Å². The van der Waals surface area contributed by atoms with Crippen LogP contribution < -0.4 is 9.62 Å². The second-order valence-electron chi connectivity index (χ2n) is 10.8. The average molecular weight is 695 g/mol. The third-order valence-corrected chi connectivity index (χ3v) is 9.63. The molecule has 0 radical (unpaired) electrons. The van der Waals surface area contributed by atoms with Gasteiger partial charge >= 0.3 is 0 Å². The highest BCUT2D eigenvalue weighted by Gasteiger charge is 2.34. The molecule has 0 aliphatic rings. The highest BCUT2D eigenvalue weighted by molar-refractivity contribution is 9.10. The predicted molar refractivity (Wildman–Crippen MR) is 179 cm³/mol. The average Bonchev–Trinajstić information content (AvgIpc) is 3.02. The maximum absolute atomic E-state index is 14.4. The first-order chi connectivity index (χ1) is 21.6. The lowest BCUT2D eigenvalue weighted by molar-refractivity contribution is -0.140. The molecule has 4 aromatic carbocycles. The number of amides is 2. The zero-order chi connectivity index (χ0) is 32.4. The molecule has 0 unspecified atom stereocenters. The Morgan fingerprint density at radius 3 is 2.20 bits per heavy atom. The predicted octanol–water partition coefficient (Wildman–Crippen LogP) is 6.65. The Labute approximate surface area is 273 Å². The minimum absolute atomic E-state index is 0.0121. The standard InChI is InChI=1S/C35H37BrFN3O4S/c1-3-4-21-38-35(42)33(23-27-9-6-5-7-10-27)39(24-28-11-8-12-29(36)22-28)34(41)25-40(31-17-15-30(37)16-18-31)45(43,44)32-19-13-26(2)14-20-32/h5-20,22,33H,3-4,21,23-25H2,1-2H3,(H,38,42)/t33-/m1/s1. The SMILES string of the molecule is CCCCNC(=O)[C@@H](Cc1ccccc1)N(Cc1cccc(Br)c1)C(=O)CN(c1ccc(F)cc1)S(=O)(=O)c1ccc(C)cc1. The maximum Gasteiger partial charge on any atom is 0.264 e. The molecule has 0 aromatic heterocycles. The summed E-state index contributed by atoms with van der Waals surface area (Å²) in [4.78, 5) is 29.6. The summed E-state index contributed by atoms with van der Waals surface area (Å²) < 4.78 is 43.8. The van der Waals surface area contributed by atoms with E-state index in [1.165, 1.54) is 29.2 Å². The van der Waals surface area contributed by atoms with E-state index < -0.39 is 34.3 Å². The van der Waals surface area contributed by atoms with Crippen LogP contribution in [0.2, 0.25) is 0 Å². The summed E-state index contributed by atoms with van der Waals surface area (Å²) in [6.45, 7) is 3.76. The highest BCUT2D eigenvalue weighted by atomic mass is 79.9. The zero-order valence-electron chi connectivity index (χ0n) is 25.3. The zero-order valence-corrected chi connectivity index (χ0v) is 27.7. The molecule has 0 heterocycles. The summed E-state index contributed by atoms with van der Waals surface area (Å²) in [6, 6.07) is 27.1. The van der Waals surface area contributed by atoms with E-state index in [0.717, 1.165) is 50.4 Å². The number of rotatable bonds is 14. The molecule has 0 spiro atoms. The van der Waals surface area contributed by atoms with Crippen molar-refractivity contribution < 1.29 is 22.4 Å². The molecule has 45 heavy (non-hydrogen) atoms. The van der Waals surface area contributed by atoms with Crippen molar-refractivity contribution in [3.63, 3.8) is 0 Å². The Balaban J connectivity index is 1.78. The first-order valence-electron chi connectivity index (χ1n) is 14.8. The number of benzene rings is 4. The molecule has 4 aromatic rings. The number of carbonyl (C=O) groups is 2. The van der Waals surface area contributed by atoms with Gasteiger partial charge in [0.1, 0.15) is 18.4 Å². The van der Waals surface area contributed by atoms with Gasteiger partial charge in [-0.2, -0.15) is 0 Å². The number of hydrogen-bond acceptors (Lipinski definition) is 4. The van der Waals surface area contributed by atoms with Gasteiger partial charge in [-0.05, 0) is 73.0 Å². The lowest BCUT2D eigenvalue weighted by Crippen LogP contribution is -2.53. The third kappa shape index (κ3) is 9.25. The first kappa shape index (κ1) is 33.9.